The molecule has 0 aliphatic carbocycles. The Balaban J connectivity index is 2.30. The van der Waals surface area contributed by atoms with Crippen molar-refractivity contribution in [2.45, 2.75) is 11.3 Å². The van der Waals surface area contributed by atoms with Gasteiger partial charge in [0.1, 0.15) is 0 Å². The van der Waals surface area contributed by atoms with E-state index >= 15 is 0 Å². The molecule has 0 saturated carbocycles. The molecule has 21 heavy (non-hydrogen) atoms. The second-order valence-electron chi connectivity index (χ2n) is 4.22. The summed E-state index contributed by atoms with van der Waals surface area (Å²) in [6, 6.07) is 12.7. The largest absolute Gasteiger partial charge is 0.505 e. The van der Waals surface area contributed by atoms with Crippen LogP contribution in [0.4, 0.5) is 5.69 Å². The summed E-state index contributed by atoms with van der Waals surface area (Å²) in [4.78, 5) is 0.0589. The number of phenolic OH excluding ortho intramolecular Hbond substituents is 1. The van der Waals surface area contributed by atoms with E-state index in [2.05, 4.69) is 20.7 Å². The average molecular weight is 367 g/mol. The Bertz CT molecular complexity index is 796. The number of hydrogen-bond donors (Lipinski definition) is 2. The van der Waals surface area contributed by atoms with Gasteiger partial charge in [0, 0.05) is 0 Å². The van der Waals surface area contributed by atoms with Crippen molar-refractivity contribution in [3.63, 3.8) is 0 Å². The number of nitriles is 1. The van der Waals surface area contributed by atoms with E-state index in [1.807, 2.05) is 6.07 Å². The average Bonchev–Trinajstić information content (AvgIpc) is 2.45. The molecule has 0 radical (unpaired) electrons. The fourth-order valence-electron chi connectivity index (χ4n) is 1.68. The molecular weight excluding hydrogens is 356 g/mol. The van der Waals surface area contributed by atoms with Crippen molar-refractivity contribution in [3.05, 3.63) is 52.5 Å². The van der Waals surface area contributed by atoms with E-state index < -0.39 is 10.0 Å². The zero-order valence-electron chi connectivity index (χ0n) is 10.7. The van der Waals surface area contributed by atoms with Crippen molar-refractivity contribution in [2.75, 3.05) is 4.72 Å². The van der Waals surface area contributed by atoms with Crippen LogP contribution in [0.5, 0.6) is 5.75 Å². The first-order valence-electron chi connectivity index (χ1n) is 5.90. The third-order valence-corrected chi connectivity index (χ3v) is 4.77. The normalized spacial score (nSPS) is 10.9. The Hall–Kier alpha value is -2.04. The van der Waals surface area contributed by atoms with Crippen LogP contribution in [-0.4, -0.2) is 13.5 Å². The maximum atomic E-state index is 12.2. The fraction of sp³-hybridized carbons (Fsp3) is 0.0714. The molecule has 0 heterocycles. The van der Waals surface area contributed by atoms with Gasteiger partial charge in [-0.3, -0.25) is 4.72 Å². The highest BCUT2D eigenvalue weighted by Gasteiger charge is 2.16. The van der Waals surface area contributed by atoms with Gasteiger partial charge in [-0.2, -0.15) is 5.26 Å². The number of rotatable bonds is 4. The third-order valence-electron chi connectivity index (χ3n) is 2.75. The van der Waals surface area contributed by atoms with E-state index in [1.165, 1.54) is 18.2 Å². The summed E-state index contributed by atoms with van der Waals surface area (Å²) in [5, 5.41) is 18.4. The SMILES string of the molecule is N#CCc1ccc(S(=O)(=O)Nc2cccc(Br)c2O)cc1. The van der Waals surface area contributed by atoms with Gasteiger partial charge in [-0.1, -0.05) is 18.2 Å². The van der Waals surface area contributed by atoms with Gasteiger partial charge in [-0.25, -0.2) is 8.42 Å². The molecule has 0 bridgehead atoms. The number of nitrogens with zero attached hydrogens (tertiary/aromatic N) is 1. The standard InChI is InChI=1S/C14H11BrN2O3S/c15-12-2-1-3-13(14(12)18)17-21(19,20)11-6-4-10(5-7-11)8-9-16/h1-7,17-18H,8H2. The van der Waals surface area contributed by atoms with E-state index in [9.17, 15) is 13.5 Å². The summed E-state index contributed by atoms with van der Waals surface area (Å²) in [6.07, 6.45) is 0.222. The zero-order valence-corrected chi connectivity index (χ0v) is 13.1. The molecule has 0 aliphatic heterocycles. The number of para-hydroxylation sites is 1. The van der Waals surface area contributed by atoms with Crippen LogP contribution in [0.25, 0.3) is 0 Å². The van der Waals surface area contributed by atoms with E-state index in [0.717, 1.165) is 5.56 Å². The molecule has 2 rings (SSSR count). The molecule has 2 aromatic carbocycles. The van der Waals surface area contributed by atoms with E-state index in [4.69, 9.17) is 5.26 Å². The summed E-state index contributed by atoms with van der Waals surface area (Å²) in [7, 11) is -3.80. The van der Waals surface area contributed by atoms with Crippen LogP contribution in [0.1, 0.15) is 5.56 Å². The molecule has 5 nitrogen and oxygen atoms in total. The maximum Gasteiger partial charge on any atom is 0.262 e. The first-order chi connectivity index (χ1) is 9.94. The highest BCUT2D eigenvalue weighted by Crippen LogP contribution is 2.32. The Morgan fingerprint density at radius 3 is 2.48 bits per heavy atom. The number of benzene rings is 2. The summed E-state index contributed by atoms with van der Waals surface area (Å²) in [5.41, 5.74) is 0.826. The van der Waals surface area contributed by atoms with Gasteiger partial charge in [-0.15, -0.1) is 0 Å². The van der Waals surface area contributed by atoms with Gasteiger partial charge in [0.2, 0.25) is 0 Å². The second kappa shape index (κ2) is 6.16. The Labute approximate surface area is 131 Å². The van der Waals surface area contributed by atoms with Crippen molar-refractivity contribution in [1.82, 2.24) is 0 Å². The van der Waals surface area contributed by atoms with Crippen LogP contribution in [0, 0.1) is 11.3 Å². The highest BCUT2D eigenvalue weighted by atomic mass is 79.9. The molecule has 0 fully saturated rings. The van der Waals surface area contributed by atoms with Crippen LogP contribution >= 0.6 is 15.9 Å². The summed E-state index contributed by atoms with van der Waals surface area (Å²) >= 11 is 3.12. The molecule has 7 heteroatoms. The van der Waals surface area contributed by atoms with Gasteiger partial charge in [0.25, 0.3) is 10.0 Å². The first-order valence-corrected chi connectivity index (χ1v) is 8.18. The van der Waals surface area contributed by atoms with E-state index in [0.29, 0.717) is 4.47 Å². The predicted molar refractivity (Wildman–Crippen MR) is 82.4 cm³/mol. The van der Waals surface area contributed by atoms with Crippen LogP contribution < -0.4 is 4.72 Å². The summed E-state index contributed by atoms with van der Waals surface area (Å²) < 4.78 is 27.2. The van der Waals surface area contributed by atoms with Crippen molar-refractivity contribution < 1.29 is 13.5 Å². The van der Waals surface area contributed by atoms with Gasteiger partial charge < -0.3 is 5.11 Å². The molecule has 0 aliphatic rings. The van der Waals surface area contributed by atoms with Gasteiger partial charge in [-0.05, 0) is 45.8 Å². The molecule has 2 aromatic rings. The maximum absolute atomic E-state index is 12.2. The van der Waals surface area contributed by atoms with E-state index in [1.54, 1.807) is 24.3 Å². The molecule has 0 amide bonds. The smallest absolute Gasteiger partial charge is 0.262 e. The summed E-state index contributed by atoms with van der Waals surface area (Å²) in [6.45, 7) is 0. The number of halogens is 1. The third kappa shape index (κ3) is 3.54. The van der Waals surface area contributed by atoms with Crippen molar-refractivity contribution in [3.8, 4) is 11.8 Å². The molecule has 2 N–H and O–H groups in total. The Kier molecular flexibility index (Phi) is 4.50. The number of aromatic hydroxyl groups is 1. The van der Waals surface area contributed by atoms with Gasteiger partial charge in [0.05, 0.1) is 27.5 Å². The van der Waals surface area contributed by atoms with E-state index in [-0.39, 0.29) is 22.8 Å². The molecular formula is C14H11BrN2O3S. The molecule has 0 unspecified atom stereocenters. The van der Waals surface area contributed by atoms with Crippen molar-refractivity contribution in [2.24, 2.45) is 0 Å². The lowest BCUT2D eigenvalue weighted by molar-refractivity contribution is 0.474. The lowest BCUT2D eigenvalue weighted by atomic mass is 10.2. The van der Waals surface area contributed by atoms with Crippen LogP contribution in [-0.2, 0) is 16.4 Å². The predicted octanol–water partition coefficient (Wildman–Crippen LogP) is 3.02. The highest BCUT2D eigenvalue weighted by molar-refractivity contribution is 9.10. The fourth-order valence-corrected chi connectivity index (χ4v) is 3.11. The minimum atomic E-state index is -3.80. The summed E-state index contributed by atoms with van der Waals surface area (Å²) in [5.74, 6) is -0.179. The van der Waals surface area contributed by atoms with Crippen LogP contribution in [0.2, 0.25) is 0 Å². The zero-order chi connectivity index (χ0) is 15.5. The first kappa shape index (κ1) is 15.4. The molecule has 0 saturated heterocycles. The van der Waals surface area contributed by atoms with Crippen LogP contribution in [0.3, 0.4) is 0 Å². The molecule has 0 spiro atoms. The van der Waals surface area contributed by atoms with Gasteiger partial charge in [0.15, 0.2) is 5.75 Å². The number of nitrogens with one attached hydrogen (secondary N) is 1. The number of anilines is 1. The number of phenols is 1. The Morgan fingerprint density at radius 2 is 1.86 bits per heavy atom. The van der Waals surface area contributed by atoms with Gasteiger partial charge >= 0.3 is 0 Å². The lowest BCUT2D eigenvalue weighted by Gasteiger charge is -2.10. The minimum Gasteiger partial charge on any atom is -0.505 e. The van der Waals surface area contributed by atoms with Crippen molar-refractivity contribution >= 4 is 31.6 Å². The quantitative estimate of drug-likeness (QED) is 0.813. The number of sulfonamides is 1. The second-order valence-corrected chi connectivity index (χ2v) is 6.76. The van der Waals surface area contributed by atoms with Crippen LogP contribution in [0.15, 0.2) is 51.8 Å². The number of hydrogen-bond acceptors (Lipinski definition) is 4. The Morgan fingerprint density at radius 1 is 1.19 bits per heavy atom. The minimum absolute atomic E-state index is 0.0589. The lowest BCUT2D eigenvalue weighted by Crippen LogP contribution is -2.13. The monoisotopic (exact) mass is 366 g/mol. The topological polar surface area (TPSA) is 90.2 Å². The molecule has 0 aromatic heterocycles. The van der Waals surface area contributed by atoms with Crippen molar-refractivity contribution in [1.29, 1.82) is 5.26 Å². The molecule has 0 atom stereocenters. The molecule has 108 valence electrons.